The molecule has 0 aromatic heterocycles. The lowest BCUT2D eigenvalue weighted by Gasteiger charge is -2.37. The summed E-state index contributed by atoms with van der Waals surface area (Å²) in [5, 5.41) is 0. The first-order valence-electron chi connectivity index (χ1n) is 8.54. The molecular formula is C19H19F4NO2S. The monoisotopic (exact) mass is 401 g/mol. The Labute approximate surface area is 155 Å². The predicted octanol–water partition coefficient (Wildman–Crippen LogP) is 4.60. The molecule has 27 heavy (non-hydrogen) atoms. The molecule has 0 unspecified atom stereocenters. The minimum absolute atomic E-state index is 0.136. The molecule has 2 aromatic rings. The van der Waals surface area contributed by atoms with Crippen molar-refractivity contribution in [3.63, 3.8) is 0 Å². The van der Waals surface area contributed by atoms with Crippen LogP contribution in [-0.4, -0.2) is 18.8 Å². The highest BCUT2D eigenvalue weighted by atomic mass is 32.2. The SMILES string of the molecule is Cc1c(F)c(C)c(S(=O)(=O)N(Cc2ccc(F)cc2)C2CCC2)c(F)c1F. The van der Waals surface area contributed by atoms with Crippen LogP contribution in [-0.2, 0) is 16.6 Å². The third-order valence-electron chi connectivity index (χ3n) is 5.02. The Kier molecular flexibility index (Phi) is 5.31. The molecule has 1 saturated carbocycles. The van der Waals surface area contributed by atoms with Gasteiger partial charge in [-0.1, -0.05) is 18.6 Å². The lowest BCUT2D eigenvalue weighted by molar-refractivity contribution is 0.212. The summed E-state index contributed by atoms with van der Waals surface area (Å²) >= 11 is 0. The average molecular weight is 401 g/mol. The van der Waals surface area contributed by atoms with Crippen molar-refractivity contribution in [2.45, 2.75) is 50.6 Å². The van der Waals surface area contributed by atoms with E-state index < -0.39 is 55.4 Å². The lowest BCUT2D eigenvalue weighted by atomic mass is 9.93. The molecule has 2 aromatic carbocycles. The van der Waals surface area contributed by atoms with Crippen molar-refractivity contribution in [2.75, 3.05) is 0 Å². The lowest BCUT2D eigenvalue weighted by Crippen LogP contribution is -2.44. The van der Waals surface area contributed by atoms with Crippen LogP contribution in [0.1, 0.15) is 36.0 Å². The number of sulfonamides is 1. The first-order chi connectivity index (χ1) is 12.6. The molecule has 146 valence electrons. The van der Waals surface area contributed by atoms with Crippen molar-refractivity contribution in [3.8, 4) is 0 Å². The first kappa shape index (κ1) is 19.8. The number of halogens is 4. The highest BCUT2D eigenvalue weighted by Gasteiger charge is 2.39. The maximum Gasteiger partial charge on any atom is 0.247 e. The van der Waals surface area contributed by atoms with E-state index in [4.69, 9.17) is 0 Å². The summed E-state index contributed by atoms with van der Waals surface area (Å²) in [5.74, 6) is -4.63. The number of nitrogens with zero attached hydrogens (tertiary/aromatic N) is 1. The minimum atomic E-state index is -4.51. The fraction of sp³-hybridized carbons (Fsp3) is 0.368. The topological polar surface area (TPSA) is 37.4 Å². The standard InChI is InChI=1S/C19H19F4NO2S/c1-11-16(21)12(2)19(18(23)17(11)22)27(25,26)24(15-4-3-5-15)10-13-6-8-14(20)9-7-13/h6-9,15H,3-5,10H2,1-2H3. The third kappa shape index (κ3) is 3.48. The Balaban J connectivity index is 2.10. The van der Waals surface area contributed by atoms with Gasteiger partial charge in [-0.3, -0.25) is 0 Å². The second kappa shape index (κ2) is 7.24. The van der Waals surface area contributed by atoms with Gasteiger partial charge in [0.05, 0.1) is 0 Å². The molecule has 1 fully saturated rings. The highest BCUT2D eigenvalue weighted by Crippen LogP contribution is 2.35. The minimum Gasteiger partial charge on any atom is -0.207 e. The number of rotatable bonds is 5. The van der Waals surface area contributed by atoms with Crippen LogP contribution in [0, 0.1) is 37.1 Å². The molecule has 3 nitrogen and oxygen atoms in total. The maximum absolute atomic E-state index is 14.5. The number of benzene rings is 2. The van der Waals surface area contributed by atoms with Crippen molar-refractivity contribution >= 4 is 10.0 Å². The van der Waals surface area contributed by atoms with Gasteiger partial charge in [0.15, 0.2) is 11.6 Å². The summed E-state index contributed by atoms with van der Waals surface area (Å²) in [6.45, 7) is 2.04. The summed E-state index contributed by atoms with van der Waals surface area (Å²) in [4.78, 5) is -0.975. The van der Waals surface area contributed by atoms with Crippen molar-refractivity contribution < 1.29 is 26.0 Å². The molecule has 0 radical (unpaired) electrons. The van der Waals surface area contributed by atoms with Gasteiger partial charge in [-0.25, -0.2) is 26.0 Å². The van der Waals surface area contributed by atoms with Crippen molar-refractivity contribution in [3.05, 3.63) is 64.2 Å². The van der Waals surface area contributed by atoms with Crippen LogP contribution in [0.4, 0.5) is 17.6 Å². The fourth-order valence-electron chi connectivity index (χ4n) is 3.18. The van der Waals surface area contributed by atoms with Gasteiger partial charge in [-0.05, 0) is 44.4 Å². The average Bonchev–Trinajstić information content (AvgIpc) is 2.58. The molecule has 0 spiro atoms. The molecule has 1 aliphatic rings. The van der Waals surface area contributed by atoms with E-state index in [1.54, 1.807) is 0 Å². The van der Waals surface area contributed by atoms with E-state index in [2.05, 4.69) is 0 Å². The molecule has 0 atom stereocenters. The van der Waals surface area contributed by atoms with Gasteiger partial charge >= 0.3 is 0 Å². The van der Waals surface area contributed by atoms with Crippen LogP contribution in [0.3, 0.4) is 0 Å². The van der Waals surface area contributed by atoms with Crippen molar-refractivity contribution in [2.24, 2.45) is 0 Å². The molecule has 0 saturated heterocycles. The van der Waals surface area contributed by atoms with Gasteiger partial charge < -0.3 is 0 Å². The fourth-order valence-corrected chi connectivity index (χ4v) is 5.13. The Bertz CT molecular complexity index is 941. The van der Waals surface area contributed by atoms with E-state index in [1.807, 2.05) is 0 Å². The molecule has 0 amide bonds. The molecule has 0 heterocycles. The zero-order valence-electron chi connectivity index (χ0n) is 14.9. The smallest absolute Gasteiger partial charge is 0.207 e. The summed E-state index contributed by atoms with van der Waals surface area (Å²) < 4.78 is 83.4. The van der Waals surface area contributed by atoms with Crippen LogP contribution >= 0.6 is 0 Å². The Morgan fingerprint density at radius 2 is 1.52 bits per heavy atom. The quantitative estimate of drug-likeness (QED) is 0.542. The zero-order chi connectivity index (χ0) is 19.9. The van der Waals surface area contributed by atoms with E-state index >= 15 is 0 Å². The Morgan fingerprint density at radius 1 is 0.926 bits per heavy atom. The molecule has 0 bridgehead atoms. The van der Waals surface area contributed by atoms with E-state index in [0.29, 0.717) is 18.4 Å². The van der Waals surface area contributed by atoms with Gasteiger partial charge in [0.1, 0.15) is 16.5 Å². The van der Waals surface area contributed by atoms with Gasteiger partial charge in [0, 0.05) is 23.7 Å². The van der Waals surface area contributed by atoms with Gasteiger partial charge in [0.2, 0.25) is 10.0 Å². The van der Waals surface area contributed by atoms with Gasteiger partial charge in [-0.2, -0.15) is 4.31 Å². The Hall–Kier alpha value is -1.93. The molecule has 3 rings (SSSR count). The zero-order valence-corrected chi connectivity index (χ0v) is 15.7. The van der Waals surface area contributed by atoms with E-state index in [1.165, 1.54) is 24.3 Å². The van der Waals surface area contributed by atoms with Crippen LogP contribution in [0.15, 0.2) is 29.2 Å². The second-order valence-electron chi connectivity index (χ2n) is 6.78. The summed E-state index contributed by atoms with van der Waals surface area (Å²) in [5.41, 5.74) is -0.509. The summed E-state index contributed by atoms with van der Waals surface area (Å²) in [6.07, 6.45) is 1.94. The number of hydrogen-bond donors (Lipinski definition) is 0. The van der Waals surface area contributed by atoms with E-state index in [0.717, 1.165) is 24.6 Å². The van der Waals surface area contributed by atoms with Gasteiger partial charge in [0.25, 0.3) is 0 Å². The van der Waals surface area contributed by atoms with Crippen LogP contribution in [0.5, 0.6) is 0 Å². The van der Waals surface area contributed by atoms with Crippen LogP contribution < -0.4 is 0 Å². The van der Waals surface area contributed by atoms with Crippen molar-refractivity contribution in [1.82, 2.24) is 4.31 Å². The molecular weight excluding hydrogens is 382 g/mol. The van der Waals surface area contributed by atoms with E-state index in [-0.39, 0.29) is 6.54 Å². The molecule has 1 aliphatic carbocycles. The highest BCUT2D eigenvalue weighted by molar-refractivity contribution is 7.89. The van der Waals surface area contributed by atoms with Crippen molar-refractivity contribution in [1.29, 1.82) is 0 Å². The summed E-state index contributed by atoms with van der Waals surface area (Å²) in [7, 11) is -4.51. The summed E-state index contributed by atoms with van der Waals surface area (Å²) in [6, 6.07) is 4.84. The molecule has 8 heteroatoms. The van der Waals surface area contributed by atoms with Crippen LogP contribution in [0.25, 0.3) is 0 Å². The first-order valence-corrected chi connectivity index (χ1v) is 9.98. The van der Waals surface area contributed by atoms with Crippen LogP contribution in [0.2, 0.25) is 0 Å². The molecule has 0 N–H and O–H groups in total. The van der Waals surface area contributed by atoms with E-state index in [9.17, 15) is 26.0 Å². The molecule has 0 aliphatic heterocycles. The largest absolute Gasteiger partial charge is 0.247 e. The predicted molar refractivity (Wildman–Crippen MR) is 92.6 cm³/mol. The normalized spacial score (nSPS) is 15.2. The second-order valence-corrected chi connectivity index (χ2v) is 8.61. The van der Waals surface area contributed by atoms with Gasteiger partial charge in [-0.15, -0.1) is 0 Å². The third-order valence-corrected chi connectivity index (χ3v) is 7.07. The number of hydrogen-bond acceptors (Lipinski definition) is 2. The maximum atomic E-state index is 14.5. The Morgan fingerprint density at radius 3 is 2.04 bits per heavy atom.